The van der Waals surface area contributed by atoms with E-state index in [-0.39, 0.29) is 0 Å². The van der Waals surface area contributed by atoms with Gasteiger partial charge in [-0.3, -0.25) is 4.68 Å². The average Bonchev–Trinajstić information content (AvgIpc) is 2.89. The van der Waals surface area contributed by atoms with Crippen molar-refractivity contribution in [2.45, 2.75) is 25.3 Å². The highest BCUT2D eigenvalue weighted by Crippen LogP contribution is 2.20. The molecule has 1 N–H and O–H groups in total. The molecule has 1 heterocycles. The summed E-state index contributed by atoms with van der Waals surface area (Å²) >= 11 is 0. The van der Waals surface area contributed by atoms with Gasteiger partial charge in [0.15, 0.2) is 0 Å². The highest BCUT2D eigenvalue weighted by atomic mass is 16.5. The number of nitrogens with one attached hydrogen (secondary N) is 1. The maximum atomic E-state index is 5.42. The third-order valence-electron chi connectivity index (χ3n) is 3.61. The molecule has 1 aromatic carbocycles. The fourth-order valence-corrected chi connectivity index (χ4v) is 2.43. The van der Waals surface area contributed by atoms with Gasteiger partial charge in [-0.25, -0.2) is 0 Å². The number of ether oxygens (including phenoxy) is 1. The maximum Gasteiger partial charge on any atom is 0.122 e. The number of nitrogens with zero attached hydrogens (tertiary/aromatic N) is 2. The van der Waals surface area contributed by atoms with Crippen LogP contribution in [-0.2, 0) is 19.9 Å². The summed E-state index contributed by atoms with van der Waals surface area (Å²) in [5.74, 6) is 0.967. The fraction of sp³-hybridized carbons (Fsp3) is 0.438. The van der Waals surface area contributed by atoms with Crippen molar-refractivity contribution in [3.8, 4) is 5.75 Å². The number of methoxy groups -OCH3 is 1. The van der Waals surface area contributed by atoms with Crippen LogP contribution in [0.3, 0.4) is 0 Å². The molecule has 108 valence electrons. The molecule has 1 unspecified atom stereocenters. The predicted octanol–water partition coefficient (Wildman–Crippen LogP) is 2.19. The average molecular weight is 273 g/mol. The van der Waals surface area contributed by atoms with Crippen molar-refractivity contribution in [2.24, 2.45) is 7.05 Å². The second-order valence-corrected chi connectivity index (χ2v) is 5.06. The Kier molecular flexibility index (Phi) is 5.18. The molecule has 0 aliphatic rings. The van der Waals surface area contributed by atoms with Gasteiger partial charge in [0.25, 0.3) is 0 Å². The van der Waals surface area contributed by atoms with Crippen LogP contribution in [0.5, 0.6) is 5.75 Å². The molecule has 4 heteroatoms. The Hall–Kier alpha value is -1.81. The summed E-state index contributed by atoms with van der Waals surface area (Å²) in [5, 5.41) is 7.60. The van der Waals surface area contributed by atoms with E-state index in [1.165, 1.54) is 11.1 Å². The second kappa shape index (κ2) is 7.10. The molecule has 20 heavy (non-hydrogen) atoms. The first-order valence-corrected chi connectivity index (χ1v) is 6.99. The molecular weight excluding hydrogens is 250 g/mol. The van der Waals surface area contributed by atoms with Crippen LogP contribution in [0.25, 0.3) is 0 Å². The van der Waals surface area contributed by atoms with Gasteiger partial charge in [0.1, 0.15) is 5.75 Å². The molecule has 0 saturated carbocycles. The molecule has 0 aliphatic carbocycles. The minimum absolute atomic E-state index is 0.437. The zero-order chi connectivity index (χ0) is 14.4. The van der Waals surface area contributed by atoms with Crippen LogP contribution in [0.2, 0.25) is 0 Å². The molecule has 0 bridgehead atoms. The minimum atomic E-state index is 0.437. The quantitative estimate of drug-likeness (QED) is 0.840. The minimum Gasteiger partial charge on any atom is -0.496 e. The molecule has 2 aromatic rings. The van der Waals surface area contributed by atoms with Crippen LogP contribution in [0.1, 0.15) is 17.5 Å². The summed E-state index contributed by atoms with van der Waals surface area (Å²) in [5.41, 5.74) is 2.54. The van der Waals surface area contributed by atoms with Gasteiger partial charge < -0.3 is 10.1 Å². The van der Waals surface area contributed by atoms with Gasteiger partial charge in [-0.2, -0.15) is 5.10 Å². The lowest BCUT2D eigenvalue weighted by molar-refractivity contribution is 0.404. The monoisotopic (exact) mass is 273 g/mol. The lowest BCUT2D eigenvalue weighted by Gasteiger charge is -2.17. The zero-order valence-electron chi connectivity index (χ0n) is 12.5. The Balaban J connectivity index is 1.94. The number of aromatic nitrogens is 2. The second-order valence-electron chi connectivity index (χ2n) is 5.06. The fourth-order valence-electron chi connectivity index (χ4n) is 2.43. The summed E-state index contributed by atoms with van der Waals surface area (Å²) in [7, 11) is 5.69. The van der Waals surface area contributed by atoms with Crippen molar-refractivity contribution in [2.75, 3.05) is 14.2 Å². The smallest absolute Gasteiger partial charge is 0.122 e. The van der Waals surface area contributed by atoms with E-state index in [9.17, 15) is 0 Å². The normalized spacial score (nSPS) is 12.3. The van der Waals surface area contributed by atoms with E-state index in [0.29, 0.717) is 6.04 Å². The zero-order valence-corrected chi connectivity index (χ0v) is 12.5. The Morgan fingerprint density at radius 2 is 2.15 bits per heavy atom. The summed E-state index contributed by atoms with van der Waals surface area (Å²) in [4.78, 5) is 0. The first-order valence-electron chi connectivity index (χ1n) is 6.99. The van der Waals surface area contributed by atoms with Crippen molar-refractivity contribution in [3.63, 3.8) is 0 Å². The Morgan fingerprint density at radius 3 is 2.80 bits per heavy atom. The SMILES string of the molecule is CNC(CCc1cnn(C)c1)Cc1ccccc1OC. The Bertz CT molecular complexity index is 536. The van der Waals surface area contributed by atoms with E-state index < -0.39 is 0 Å². The van der Waals surface area contributed by atoms with Gasteiger partial charge in [0.05, 0.1) is 13.3 Å². The van der Waals surface area contributed by atoms with Crippen LogP contribution < -0.4 is 10.1 Å². The number of rotatable bonds is 7. The van der Waals surface area contributed by atoms with E-state index >= 15 is 0 Å². The number of aryl methyl sites for hydroxylation is 2. The van der Waals surface area contributed by atoms with Crippen LogP contribution >= 0.6 is 0 Å². The third kappa shape index (κ3) is 3.84. The molecule has 4 nitrogen and oxygen atoms in total. The van der Waals surface area contributed by atoms with Crippen LogP contribution in [0.4, 0.5) is 0 Å². The van der Waals surface area contributed by atoms with E-state index in [2.05, 4.69) is 28.7 Å². The summed E-state index contributed by atoms with van der Waals surface area (Å²) in [6, 6.07) is 8.65. The number of hydrogen-bond acceptors (Lipinski definition) is 3. The molecule has 1 aromatic heterocycles. The predicted molar refractivity (Wildman–Crippen MR) is 81.1 cm³/mol. The molecule has 0 spiro atoms. The Morgan fingerprint density at radius 1 is 1.35 bits per heavy atom. The number of hydrogen-bond donors (Lipinski definition) is 1. The molecule has 0 fully saturated rings. The molecule has 2 rings (SSSR count). The van der Waals surface area contributed by atoms with E-state index in [1.807, 2.05) is 37.1 Å². The maximum absolute atomic E-state index is 5.42. The topological polar surface area (TPSA) is 39.1 Å². The van der Waals surface area contributed by atoms with Gasteiger partial charge >= 0.3 is 0 Å². The van der Waals surface area contributed by atoms with Crippen molar-refractivity contribution in [3.05, 3.63) is 47.8 Å². The molecule has 0 aliphatic heterocycles. The summed E-state index contributed by atoms with van der Waals surface area (Å²) < 4.78 is 7.27. The molecular formula is C16H23N3O. The van der Waals surface area contributed by atoms with Crippen molar-refractivity contribution >= 4 is 0 Å². The standard InChI is InChI=1S/C16H23N3O/c1-17-15(9-8-13-11-18-19(2)12-13)10-14-6-4-5-7-16(14)20-3/h4-7,11-12,15,17H,8-10H2,1-3H3. The van der Waals surface area contributed by atoms with E-state index in [4.69, 9.17) is 4.74 Å². The van der Waals surface area contributed by atoms with Gasteiger partial charge in [0, 0.05) is 19.3 Å². The third-order valence-corrected chi connectivity index (χ3v) is 3.61. The summed E-state index contributed by atoms with van der Waals surface area (Å²) in [6.07, 6.45) is 7.11. The van der Waals surface area contributed by atoms with E-state index in [0.717, 1.165) is 25.0 Å². The first-order chi connectivity index (χ1) is 9.72. The van der Waals surface area contributed by atoms with Gasteiger partial charge in [-0.05, 0) is 43.5 Å². The first kappa shape index (κ1) is 14.6. The summed E-state index contributed by atoms with van der Waals surface area (Å²) in [6.45, 7) is 0. The molecule has 0 saturated heterocycles. The number of para-hydroxylation sites is 1. The van der Waals surface area contributed by atoms with Crippen LogP contribution in [0, 0.1) is 0 Å². The van der Waals surface area contributed by atoms with Crippen molar-refractivity contribution < 1.29 is 4.74 Å². The number of likely N-dealkylation sites (N-methyl/N-ethyl adjacent to an activating group) is 1. The molecule has 0 amide bonds. The van der Waals surface area contributed by atoms with Crippen molar-refractivity contribution in [1.82, 2.24) is 15.1 Å². The lowest BCUT2D eigenvalue weighted by atomic mass is 9.99. The van der Waals surface area contributed by atoms with E-state index in [1.54, 1.807) is 7.11 Å². The van der Waals surface area contributed by atoms with Gasteiger partial charge in [-0.1, -0.05) is 18.2 Å². The highest BCUT2D eigenvalue weighted by Gasteiger charge is 2.11. The highest BCUT2D eigenvalue weighted by molar-refractivity contribution is 5.33. The Labute approximate surface area is 120 Å². The van der Waals surface area contributed by atoms with Crippen molar-refractivity contribution in [1.29, 1.82) is 0 Å². The van der Waals surface area contributed by atoms with Gasteiger partial charge in [-0.15, -0.1) is 0 Å². The molecule has 0 radical (unpaired) electrons. The molecule has 1 atom stereocenters. The van der Waals surface area contributed by atoms with Crippen LogP contribution in [0.15, 0.2) is 36.7 Å². The number of benzene rings is 1. The van der Waals surface area contributed by atoms with Crippen LogP contribution in [-0.4, -0.2) is 30.0 Å². The largest absolute Gasteiger partial charge is 0.496 e. The van der Waals surface area contributed by atoms with Gasteiger partial charge in [0.2, 0.25) is 0 Å². The lowest BCUT2D eigenvalue weighted by Crippen LogP contribution is -2.28.